The van der Waals surface area contributed by atoms with E-state index in [0.717, 1.165) is 16.5 Å². The Kier molecular flexibility index (Phi) is 6.03. The van der Waals surface area contributed by atoms with Gasteiger partial charge in [0, 0.05) is 18.8 Å². The van der Waals surface area contributed by atoms with Crippen molar-refractivity contribution in [2.75, 3.05) is 11.9 Å². The van der Waals surface area contributed by atoms with E-state index in [1.54, 1.807) is 31.3 Å². The molecule has 31 heavy (non-hydrogen) atoms. The maximum Gasteiger partial charge on any atom is 0.348 e. The molecule has 0 fully saturated rings. The minimum Gasteiger partial charge on any atom is -0.462 e. The lowest BCUT2D eigenvalue weighted by Crippen LogP contribution is -2.05. The van der Waals surface area contributed by atoms with Crippen molar-refractivity contribution >= 4 is 33.3 Å². The van der Waals surface area contributed by atoms with Gasteiger partial charge in [0.15, 0.2) is 0 Å². The predicted molar refractivity (Wildman–Crippen MR) is 116 cm³/mol. The summed E-state index contributed by atoms with van der Waals surface area (Å²) in [6, 6.07) is 9.39. The van der Waals surface area contributed by atoms with E-state index in [0.29, 0.717) is 40.3 Å². The standard InChI is InChI=1S/C22H19FN4O3S/c1-3-29-22(28)19-13(2)18-20(26-12-27-21(18)31-19)25-11-14-8-9-24-17(10-14)30-16-6-4-15(23)5-7-16/h4-10,12H,3,11H2,1-2H3,(H,25,26,27). The van der Waals surface area contributed by atoms with E-state index in [4.69, 9.17) is 9.47 Å². The van der Waals surface area contributed by atoms with E-state index >= 15 is 0 Å². The van der Waals surface area contributed by atoms with Crippen LogP contribution in [-0.4, -0.2) is 27.5 Å². The van der Waals surface area contributed by atoms with Gasteiger partial charge in [0.1, 0.15) is 33.4 Å². The molecule has 0 aliphatic heterocycles. The van der Waals surface area contributed by atoms with Crippen LogP contribution in [0.15, 0.2) is 48.9 Å². The van der Waals surface area contributed by atoms with E-state index in [-0.39, 0.29) is 11.8 Å². The van der Waals surface area contributed by atoms with Gasteiger partial charge < -0.3 is 14.8 Å². The van der Waals surface area contributed by atoms with Crippen LogP contribution in [0.2, 0.25) is 0 Å². The average molecular weight is 438 g/mol. The molecule has 7 nitrogen and oxygen atoms in total. The molecule has 4 rings (SSSR count). The Bertz CT molecular complexity index is 1230. The number of aromatic nitrogens is 3. The van der Waals surface area contributed by atoms with Gasteiger partial charge in [-0.05, 0) is 55.3 Å². The summed E-state index contributed by atoms with van der Waals surface area (Å²) in [5.74, 6) is 0.842. The Morgan fingerprint density at radius 1 is 1.16 bits per heavy atom. The molecule has 1 N–H and O–H groups in total. The van der Waals surface area contributed by atoms with Gasteiger partial charge in [-0.3, -0.25) is 0 Å². The summed E-state index contributed by atoms with van der Waals surface area (Å²) in [5, 5.41) is 4.10. The summed E-state index contributed by atoms with van der Waals surface area (Å²) in [7, 11) is 0. The molecule has 0 saturated heterocycles. The third kappa shape index (κ3) is 4.61. The third-order valence-corrected chi connectivity index (χ3v) is 5.66. The molecular weight excluding hydrogens is 419 g/mol. The van der Waals surface area contributed by atoms with E-state index in [2.05, 4.69) is 20.3 Å². The van der Waals surface area contributed by atoms with E-state index < -0.39 is 0 Å². The van der Waals surface area contributed by atoms with Crippen LogP contribution in [-0.2, 0) is 11.3 Å². The van der Waals surface area contributed by atoms with Gasteiger partial charge >= 0.3 is 5.97 Å². The average Bonchev–Trinajstić information content (AvgIpc) is 3.12. The summed E-state index contributed by atoms with van der Waals surface area (Å²) >= 11 is 1.29. The van der Waals surface area contributed by atoms with Crippen LogP contribution in [0.25, 0.3) is 10.2 Å². The summed E-state index contributed by atoms with van der Waals surface area (Å²) in [4.78, 5) is 26.3. The molecule has 0 bridgehead atoms. The molecule has 9 heteroatoms. The van der Waals surface area contributed by atoms with Gasteiger partial charge in [-0.2, -0.15) is 0 Å². The summed E-state index contributed by atoms with van der Waals surface area (Å²) in [6.45, 7) is 4.41. The number of benzene rings is 1. The highest BCUT2D eigenvalue weighted by atomic mass is 32.1. The molecule has 1 aromatic carbocycles. The number of pyridine rings is 1. The zero-order valence-electron chi connectivity index (χ0n) is 16.9. The lowest BCUT2D eigenvalue weighted by atomic mass is 10.2. The number of thiophene rings is 1. The Morgan fingerprint density at radius 3 is 2.74 bits per heavy atom. The summed E-state index contributed by atoms with van der Waals surface area (Å²) in [5.41, 5.74) is 1.70. The van der Waals surface area contributed by atoms with Crippen LogP contribution in [0.3, 0.4) is 0 Å². The lowest BCUT2D eigenvalue weighted by molar-refractivity contribution is 0.0531. The van der Waals surface area contributed by atoms with Crippen molar-refractivity contribution in [2.45, 2.75) is 20.4 Å². The molecule has 0 aliphatic carbocycles. The Morgan fingerprint density at radius 2 is 1.97 bits per heavy atom. The Hall–Kier alpha value is -3.59. The fourth-order valence-corrected chi connectivity index (χ4v) is 4.06. The van der Waals surface area contributed by atoms with Crippen LogP contribution in [0.5, 0.6) is 11.6 Å². The molecule has 0 saturated carbocycles. The number of ether oxygens (including phenoxy) is 2. The molecule has 158 valence electrons. The summed E-state index contributed by atoms with van der Waals surface area (Å²) < 4.78 is 23.9. The molecule has 0 unspecified atom stereocenters. The quantitative estimate of drug-likeness (QED) is 0.401. The number of anilines is 1. The number of hydrogen-bond acceptors (Lipinski definition) is 8. The smallest absolute Gasteiger partial charge is 0.348 e. The lowest BCUT2D eigenvalue weighted by Gasteiger charge is -2.09. The monoisotopic (exact) mass is 438 g/mol. The number of nitrogens with one attached hydrogen (secondary N) is 1. The maximum atomic E-state index is 13.1. The fraction of sp³-hybridized carbons (Fsp3) is 0.182. The van der Waals surface area contributed by atoms with Crippen molar-refractivity contribution in [3.05, 3.63) is 70.7 Å². The molecule has 0 aliphatic rings. The molecule has 0 radical (unpaired) electrons. The van der Waals surface area contributed by atoms with Gasteiger partial charge in [-0.1, -0.05) is 0 Å². The van der Waals surface area contributed by atoms with E-state index in [1.807, 2.05) is 13.0 Å². The first-order valence-corrected chi connectivity index (χ1v) is 10.4. The highest BCUT2D eigenvalue weighted by Gasteiger charge is 2.20. The van der Waals surface area contributed by atoms with Crippen molar-refractivity contribution in [1.82, 2.24) is 15.0 Å². The SMILES string of the molecule is CCOC(=O)c1sc2ncnc(NCc3ccnc(Oc4ccc(F)cc4)c3)c2c1C. The number of rotatable bonds is 7. The van der Waals surface area contributed by atoms with Gasteiger partial charge in [0.05, 0.1) is 12.0 Å². The second-order valence-corrected chi connectivity index (χ2v) is 7.59. The first-order valence-electron chi connectivity index (χ1n) is 9.58. The Labute approximate surface area is 181 Å². The molecule has 0 atom stereocenters. The van der Waals surface area contributed by atoms with Crippen molar-refractivity contribution in [1.29, 1.82) is 0 Å². The van der Waals surface area contributed by atoms with Gasteiger partial charge in [0.2, 0.25) is 5.88 Å². The Balaban J connectivity index is 1.53. The van der Waals surface area contributed by atoms with Crippen LogP contribution in [0.1, 0.15) is 27.7 Å². The van der Waals surface area contributed by atoms with Crippen LogP contribution in [0, 0.1) is 12.7 Å². The number of hydrogen-bond donors (Lipinski definition) is 1. The summed E-state index contributed by atoms with van der Waals surface area (Å²) in [6.07, 6.45) is 3.10. The molecule has 3 heterocycles. The largest absolute Gasteiger partial charge is 0.462 e. The molecule has 0 amide bonds. The van der Waals surface area contributed by atoms with Gasteiger partial charge in [-0.25, -0.2) is 24.1 Å². The van der Waals surface area contributed by atoms with Crippen LogP contribution >= 0.6 is 11.3 Å². The first kappa shape index (κ1) is 20.7. The zero-order valence-corrected chi connectivity index (χ0v) is 17.7. The fourth-order valence-electron chi connectivity index (χ4n) is 3.02. The number of aryl methyl sites for hydroxylation is 1. The number of carbonyl (C=O) groups is 1. The molecule has 4 aromatic rings. The van der Waals surface area contributed by atoms with Crippen molar-refractivity contribution in [2.24, 2.45) is 0 Å². The number of carbonyl (C=O) groups excluding carboxylic acids is 1. The normalized spacial score (nSPS) is 10.8. The van der Waals surface area contributed by atoms with Crippen molar-refractivity contribution < 1.29 is 18.7 Å². The van der Waals surface area contributed by atoms with Crippen molar-refractivity contribution in [3.63, 3.8) is 0 Å². The van der Waals surface area contributed by atoms with Gasteiger partial charge in [0.25, 0.3) is 0 Å². The molecular formula is C22H19FN4O3S. The number of fused-ring (bicyclic) bond motifs is 1. The zero-order chi connectivity index (χ0) is 21.8. The van der Waals surface area contributed by atoms with Crippen LogP contribution < -0.4 is 10.1 Å². The first-order chi connectivity index (χ1) is 15.0. The minimum absolute atomic E-state index is 0.313. The second-order valence-electron chi connectivity index (χ2n) is 6.59. The third-order valence-electron chi connectivity index (χ3n) is 4.48. The second kappa shape index (κ2) is 9.05. The minimum atomic E-state index is -0.356. The number of halogens is 1. The number of esters is 1. The predicted octanol–water partition coefficient (Wildman–Crippen LogP) is 5.11. The van der Waals surface area contributed by atoms with Crippen molar-refractivity contribution in [3.8, 4) is 11.6 Å². The molecule has 0 spiro atoms. The molecule has 3 aromatic heterocycles. The highest BCUT2D eigenvalue weighted by molar-refractivity contribution is 7.20. The van der Waals surface area contributed by atoms with E-state index in [9.17, 15) is 9.18 Å². The number of nitrogens with zero attached hydrogens (tertiary/aromatic N) is 3. The van der Waals surface area contributed by atoms with Gasteiger partial charge in [-0.15, -0.1) is 11.3 Å². The highest BCUT2D eigenvalue weighted by Crippen LogP contribution is 2.34. The van der Waals surface area contributed by atoms with E-state index in [1.165, 1.54) is 29.8 Å². The topological polar surface area (TPSA) is 86.2 Å². The maximum absolute atomic E-state index is 13.1. The van der Waals surface area contributed by atoms with Crippen LogP contribution in [0.4, 0.5) is 10.2 Å².